The highest BCUT2D eigenvalue weighted by molar-refractivity contribution is 14.1. The fourth-order valence-corrected chi connectivity index (χ4v) is 2.73. The number of hydrogen-bond acceptors (Lipinski definition) is 5. The van der Waals surface area contributed by atoms with Gasteiger partial charge in [-0.3, -0.25) is 9.59 Å². The van der Waals surface area contributed by atoms with E-state index in [1.54, 1.807) is 36.4 Å². The van der Waals surface area contributed by atoms with E-state index in [9.17, 15) is 14.7 Å². The van der Waals surface area contributed by atoms with E-state index in [-0.39, 0.29) is 11.7 Å². The van der Waals surface area contributed by atoms with Gasteiger partial charge in [0.1, 0.15) is 0 Å². The maximum Gasteiger partial charge on any atom is 0.271 e. The van der Waals surface area contributed by atoms with Crippen molar-refractivity contribution < 1.29 is 19.4 Å². The highest BCUT2D eigenvalue weighted by Crippen LogP contribution is 2.32. The number of carbonyl (C=O) groups excluding carboxylic acids is 2. The number of halogens is 1. The van der Waals surface area contributed by atoms with Crippen LogP contribution in [0.4, 0.5) is 5.69 Å². The molecule has 3 N–H and O–H groups in total. The van der Waals surface area contributed by atoms with Gasteiger partial charge in [-0.05, 0) is 65.4 Å². The van der Waals surface area contributed by atoms with Gasteiger partial charge < -0.3 is 15.2 Å². The van der Waals surface area contributed by atoms with Crippen molar-refractivity contribution in [2.75, 3.05) is 11.9 Å². The number of hydrazone groups is 1. The SMILES string of the molecule is CCOc1cc(/C=N/NC(=O)c2cccc(NC(C)=O)c2)cc(I)c1O. The molecule has 0 spiro atoms. The first-order chi connectivity index (χ1) is 12.4. The molecule has 0 aliphatic carbocycles. The van der Waals surface area contributed by atoms with E-state index in [1.807, 2.05) is 29.5 Å². The lowest BCUT2D eigenvalue weighted by Crippen LogP contribution is -2.18. The molecule has 8 heteroatoms. The number of benzene rings is 2. The predicted molar refractivity (Wildman–Crippen MR) is 108 cm³/mol. The molecule has 0 unspecified atom stereocenters. The van der Waals surface area contributed by atoms with Crippen molar-refractivity contribution in [2.24, 2.45) is 5.10 Å². The molecule has 0 fully saturated rings. The van der Waals surface area contributed by atoms with E-state index in [0.717, 1.165) is 0 Å². The monoisotopic (exact) mass is 467 g/mol. The number of aromatic hydroxyl groups is 1. The number of phenols is 1. The van der Waals surface area contributed by atoms with Crippen molar-refractivity contribution in [1.82, 2.24) is 5.43 Å². The number of hydrogen-bond donors (Lipinski definition) is 3. The summed E-state index contributed by atoms with van der Waals surface area (Å²) in [6.07, 6.45) is 1.46. The molecule has 26 heavy (non-hydrogen) atoms. The molecule has 0 aromatic heterocycles. The molecular formula is C18H18IN3O4. The van der Waals surface area contributed by atoms with E-state index >= 15 is 0 Å². The molecular weight excluding hydrogens is 449 g/mol. The van der Waals surface area contributed by atoms with Gasteiger partial charge in [-0.25, -0.2) is 5.43 Å². The van der Waals surface area contributed by atoms with Crippen molar-refractivity contribution >= 4 is 46.3 Å². The Morgan fingerprint density at radius 1 is 1.31 bits per heavy atom. The second kappa shape index (κ2) is 9.18. The standard InChI is InChI=1S/C18H18IN3O4/c1-3-26-16-8-12(7-15(19)17(16)24)10-20-22-18(25)13-5-4-6-14(9-13)21-11(2)23/h4-10,24H,3H2,1-2H3,(H,21,23)(H,22,25)/b20-10+. The zero-order chi connectivity index (χ0) is 19.1. The summed E-state index contributed by atoms with van der Waals surface area (Å²) in [5.74, 6) is -0.196. The van der Waals surface area contributed by atoms with Crippen molar-refractivity contribution in [1.29, 1.82) is 0 Å². The van der Waals surface area contributed by atoms with Gasteiger partial charge in [0.2, 0.25) is 5.91 Å². The van der Waals surface area contributed by atoms with Crippen molar-refractivity contribution in [2.45, 2.75) is 13.8 Å². The zero-order valence-electron chi connectivity index (χ0n) is 14.2. The normalized spacial score (nSPS) is 10.6. The highest BCUT2D eigenvalue weighted by Gasteiger charge is 2.09. The van der Waals surface area contributed by atoms with E-state index in [2.05, 4.69) is 15.8 Å². The van der Waals surface area contributed by atoms with Crippen molar-refractivity contribution in [3.63, 3.8) is 0 Å². The summed E-state index contributed by atoms with van der Waals surface area (Å²) < 4.78 is 5.98. The Balaban J connectivity index is 2.08. The quantitative estimate of drug-likeness (QED) is 0.346. The lowest BCUT2D eigenvalue weighted by atomic mass is 10.2. The largest absolute Gasteiger partial charge is 0.504 e. The molecule has 0 atom stereocenters. The van der Waals surface area contributed by atoms with Gasteiger partial charge >= 0.3 is 0 Å². The minimum Gasteiger partial charge on any atom is -0.504 e. The van der Waals surface area contributed by atoms with E-state index in [0.29, 0.717) is 32.7 Å². The topological polar surface area (TPSA) is 100 Å². The van der Waals surface area contributed by atoms with Gasteiger partial charge in [0, 0.05) is 18.2 Å². The van der Waals surface area contributed by atoms with E-state index in [1.165, 1.54) is 13.1 Å². The Hall–Kier alpha value is -2.62. The number of rotatable bonds is 6. The number of ether oxygens (including phenoxy) is 1. The van der Waals surface area contributed by atoms with E-state index < -0.39 is 5.91 Å². The van der Waals surface area contributed by atoms with Crippen LogP contribution >= 0.6 is 22.6 Å². The number of amides is 2. The molecule has 0 bridgehead atoms. The van der Waals surface area contributed by atoms with Crippen LogP contribution in [0.3, 0.4) is 0 Å². The maximum absolute atomic E-state index is 12.2. The molecule has 136 valence electrons. The number of nitrogens with zero attached hydrogens (tertiary/aromatic N) is 1. The molecule has 2 aromatic rings. The lowest BCUT2D eigenvalue weighted by molar-refractivity contribution is -0.114. The Bertz CT molecular complexity index is 852. The fourth-order valence-electron chi connectivity index (χ4n) is 2.11. The van der Waals surface area contributed by atoms with Gasteiger partial charge in [0.15, 0.2) is 11.5 Å². The lowest BCUT2D eigenvalue weighted by Gasteiger charge is -2.08. The van der Waals surface area contributed by atoms with Gasteiger partial charge in [-0.1, -0.05) is 6.07 Å². The summed E-state index contributed by atoms with van der Waals surface area (Å²) in [6, 6.07) is 9.88. The number of nitrogens with one attached hydrogen (secondary N) is 2. The Labute approximate surface area is 164 Å². The van der Waals surface area contributed by atoms with Gasteiger partial charge in [0.05, 0.1) is 16.4 Å². The Kier molecular flexibility index (Phi) is 6.96. The highest BCUT2D eigenvalue weighted by atomic mass is 127. The fraction of sp³-hybridized carbons (Fsp3) is 0.167. The van der Waals surface area contributed by atoms with Crippen molar-refractivity contribution in [3.8, 4) is 11.5 Å². The second-order valence-electron chi connectivity index (χ2n) is 5.24. The van der Waals surface area contributed by atoms with Crippen LogP contribution in [0.15, 0.2) is 41.5 Å². The summed E-state index contributed by atoms with van der Waals surface area (Å²) in [6.45, 7) is 3.64. The van der Waals surface area contributed by atoms with Gasteiger partial charge in [-0.2, -0.15) is 5.10 Å². The van der Waals surface area contributed by atoms with Gasteiger partial charge in [-0.15, -0.1) is 0 Å². The minimum absolute atomic E-state index is 0.0726. The number of phenolic OH excluding ortho intramolecular Hbond substituents is 1. The minimum atomic E-state index is -0.410. The van der Waals surface area contributed by atoms with Crippen molar-refractivity contribution in [3.05, 3.63) is 51.1 Å². The third-order valence-electron chi connectivity index (χ3n) is 3.18. The van der Waals surface area contributed by atoms with Crippen LogP contribution < -0.4 is 15.5 Å². The van der Waals surface area contributed by atoms with Crippen LogP contribution in [0, 0.1) is 3.57 Å². The molecule has 0 saturated heterocycles. The van der Waals surface area contributed by atoms with Crippen LogP contribution in [-0.4, -0.2) is 29.7 Å². The zero-order valence-corrected chi connectivity index (χ0v) is 16.4. The first-order valence-electron chi connectivity index (χ1n) is 7.77. The van der Waals surface area contributed by atoms with Crippen LogP contribution in [0.25, 0.3) is 0 Å². The Morgan fingerprint density at radius 2 is 2.08 bits per heavy atom. The smallest absolute Gasteiger partial charge is 0.271 e. The summed E-state index contributed by atoms with van der Waals surface area (Å²) in [4.78, 5) is 23.2. The first-order valence-corrected chi connectivity index (χ1v) is 8.85. The molecule has 0 heterocycles. The molecule has 7 nitrogen and oxygen atoms in total. The van der Waals surface area contributed by atoms with Crippen LogP contribution in [0.2, 0.25) is 0 Å². The van der Waals surface area contributed by atoms with Gasteiger partial charge in [0.25, 0.3) is 5.91 Å². The Morgan fingerprint density at radius 3 is 2.77 bits per heavy atom. The van der Waals surface area contributed by atoms with Crippen LogP contribution in [0.5, 0.6) is 11.5 Å². The number of carbonyl (C=O) groups is 2. The van der Waals surface area contributed by atoms with E-state index in [4.69, 9.17) is 4.74 Å². The molecule has 0 aliphatic heterocycles. The molecule has 2 amide bonds. The molecule has 0 saturated carbocycles. The molecule has 0 radical (unpaired) electrons. The molecule has 2 rings (SSSR count). The van der Waals surface area contributed by atoms with Crippen LogP contribution in [0.1, 0.15) is 29.8 Å². The average Bonchev–Trinajstić information content (AvgIpc) is 2.59. The summed E-state index contributed by atoms with van der Waals surface area (Å²) in [5.41, 5.74) is 3.99. The third-order valence-corrected chi connectivity index (χ3v) is 4.00. The second-order valence-corrected chi connectivity index (χ2v) is 6.41. The predicted octanol–water partition coefficient (Wildman–Crippen LogP) is 3.12. The average molecular weight is 467 g/mol. The summed E-state index contributed by atoms with van der Waals surface area (Å²) in [5, 5.41) is 16.5. The summed E-state index contributed by atoms with van der Waals surface area (Å²) >= 11 is 1.99. The number of anilines is 1. The molecule has 2 aromatic carbocycles. The third kappa shape index (κ3) is 5.45. The first kappa shape index (κ1) is 19.7. The summed E-state index contributed by atoms with van der Waals surface area (Å²) in [7, 11) is 0. The molecule has 0 aliphatic rings. The maximum atomic E-state index is 12.2. The van der Waals surface area contributed by atoms with Crippen LogP contribution in [-0.2, 0) is 4.79 Å².